The van der Waals surface area contributed by atoms with Gasteiger partial charge < -0.3 is 19.2 Å². The van der Waals surface area contributed by atoms with E-state index in [0.717, 1.165) is 17.0 Å². The van der Waals surface area contributed by atoms with Crippen LogP contribution in [0.1, 0.15) is 30.0 Å². The molecule has 2 unspecified atom stereocenters. The summed E-state index contributed by atoms with van der Waals surface area (Å²) in [4.78, 5) is 14.3. The summed E-state index contributed by atoms with van der Waals surface area (Å²) in [6, 6.07) is 1.95. The molecule has 0 amide bonds. The number of nitrogens with one attached hydrogen (secondary N) is 1. The zero-order valence-electron chi connectivity index (χ0n) is 12.1. The van der Waals surface area contributed by atoms with E-state index in [0.29, 0.717) is 5.76 Å². The molecule has 1 aromatic heterocycles. The molecular weight excluding hydrogens is 258 g/mol. The summed E-state index contributed by atoms with van der Waals surface area (Å²) in [6.45, 7) is 1.52. The van der Waals surface area contributed by atoms with Crippen molar-refractivity contribution in [3.05, 3.63) is 34.9 Å². The number of hydrogen-bond donors (Lipinski definition) is 1. The van der Waals surface area contributed by atoms with Gasteiger partial charge in [-0.2, -0.15) is 0 Å². The molecule has 0 radical (unpaired) electrons. The minimum Gasteiger partial charge on any atom is -0.498 e. The van der Waals surface area contributed by atoms with E-state index < -0.39 is 0 Å². The molecule has 0 aliphatic heterocycles. The maximum Gasteiger partial charge on any atom is 0.152 e. The highest BCUT2D eigenvalue weighted by molar-refractivity contribution is 5.91. The molecule has 5 heteroatoms. The van der Waals surface area contributed by atoms with Crippen LogP contribution in [0.3, 0.4) is 0 Å². The quantitative estimate of drug-likeness (QED) is 0.839. The monoisotopic (exact) mass is 277 g/mol. The number of hydrogen-bond acceptors (Lipinski definition) is 4. The molecule has 1 aliphatic rings. The summed E-state index contributed by atoms with van der Waals surface area (Å²) in [6.07, 6.45) is 4.62. The van der Waals surface area contributed by atoms with Crippen molar-refractivity contribution in [2.75, 3.05) is 21.3 Å². The van der Waals surface area contributed by atoms with Gasteiger partial charge in [0.05, 0.1) is 12.8 Å². The van der Waals surface area contributed by atoms with Crippen molar-refractivity contribution in [3.8, 4) is 0 Å². The van der Waals surface area contributed by atoms with Crippen LogP contribution in [-0.4, -0.2) is 38.2 Å². The Bertz CT molecular complexity index is 556. The smallest absolute Gasteiger partial charge is 0.152 e. The minimum atomic E-state index is -0.291. The van der Waals surface area contributed by atoms with Crippen molar-refractivity contribution in [1.29, 1.82) is 0 Å². The summed E-state index contributed by atoms with van der Waals surface area (Å²) in [5.74, 6) is 0.719. The number of methoxy groups -OCH3 is 3. The average molecular weight is 277 g/mol. The van der Waals surface area contributed by atoms with E-state index in [1.165, 1.54) is 13.0 Å². The fourth-order valence-electron chi connectivity index (χ4n) is 2.35. The van der Waals surface area contributed by atoms with Crippen LogP contribution in [0.25, 0.3) is 12.2 Å². The van der Waals surface area contributed by atoms with Crippen LogP contribution in [0, 0.1) is 0 Å². The summed E-state index contributed by atoms with van der Waals surface area (Å²) in [7, 11) is 4.86. The number of aromatic nitrogens is 1. The number of rotatable bonds is 5. The Kier molecular flexibility index (Phi) is 4.42. The van der Waals surface area contributed by atoms with Crippen LogP contribution in [0.5, 0.6) is 0 Å². The molecule has 1 aliphatic carbocycles. The number of fused-ring (bicyclic) bond motifs is 1. The Morgan fingerprint density at radius 2 is 1.95 bits per heavy atom. The van der Waals surface area contributed by atoms with Crippen molar-refractivity contribution < 1.29 is 19.0 Å². The van der Waals surface area contributed by atoms with Gasteiger partial charge >= 0.3 is 0 Å². The van der Waals surface area contributed by atoms with Gasteiger partial charge in [-0.05, 0) is 31.2 Å². The molecule has 0 fully saturated rings. The zero-order chi connectivity index (χ0) is 14.7. The lowest BCUT2D eigenvalue weighted by atomic mass is 9.98. The number of ketones is 1. The highest BCUT2D eigenvalue weighted by atomic mass is 16.6. The first kappa shape index (κ1) is 14.6. The molecule has 1 aromatic rings. The van der Waals surface area contributed by atoms with E-state index in [4.69, 9.17) is 14.2 Å². The fraction of sp³-hybridized carbons (Fsp3) is 0.400. The third-order valence-corrected chi connectivity index (χ3v) is 3.28. The number of allylic oxidation sites excluding steroid dienone is 1. The largest absolute Gasteiger partial charge is 0.498 e. The molecule has 1 heterocycles. The van der Waals surface area contributed by atoms with Crippen LogP contribution < -0.4 is 0 Å². The average Bonchev–Trinajstić information content (AvgIpc) is 2.85. The van der Waals surface area contributed by atoms with Crippen molar-refractivity contribution in [2.24, 2.45) is 0 Å². The molecule has 0 saturated carbocycles. The van der Waals surface area contributed by atoms with Gasteiger partial charge in [-0.25, -0.2) is 0 Å². The Balaban J connectivity index is 2.42. The third kappa shape index (κ3) is 2.69. The Morgan fingerprint density at radius 3 is 2.50 bits per heavy atom. The predicted molar refractivity (Wildman–Crippen MR) is 76.0 cm³/mol. The van der Waals surface area contributed by atoms with E-state index in [-0.39, 0.29) is 18.0 Å². The SMILES string of the molecule is COC1=Cc2cc(/C=C/C(C)=O)[nH]c2C(OC)C1OC. The first-order valence-corrected chi connectivity index (χ1v) is 6.33. The number of H-pyrrole nitrogens is 1. The standard InChI is InChI=1S/C15H19NO4/c1-9(17)5-6-11-7-10-8-12(18-2)14(19-3)15(20-4)13(10)16-11/h5-8,14-16H,1-4H3/b6-5+. The van der Waals surface area contributed by atoms with Crippen molar-refractivity contribution >= 4 is 17.9 Å². The fourth-order valence-corrected chi connectivity index (χ4v) is 2.35. The van der Waals surface area contributed by atoms with Crippen LogP contribution >= 0.6 is 0 Å². The van der Waals surface area contributed by atoms with Gasteiger partial charge in [-0.15, -0.1) is 0 Å². The molecule has 0 bridgehead atoms. The zero-order valence-corrected chi connectivity index (χ0v) is 12.1. The molecule has 0 saturated heterocycles. The first-order valence-electron chi connectivity index (χ1n) is 6.33. The molecule has 5 nitrogen and oxygen atoms in total. The van der Waals surface area contributed by atoms with Gasteiger partial charge in [-0.3, -0.25) is 4.79 Å². The molecule has 20 heavy (non-hydrogen) atoms. The number of carbonyl (C=O) groups is 1. The number of ether oxygens (including phenoxy) is 3. The van der Waals surface area contributed by atoms with Crippen molar-refractivity contribution in [1.82, 2.24) is 4.98 Å². The maximum atomic E-state index is 11.0. The molecule has 0 spiro atoms. The van der Waals surface area contributed by atoms with E-state index in [9.17, 15) is 4.79 Å². The lowest BCUT2D eigenvalue weighted by molar-refractivity contribution is -0.112. The van der Waals surface area contributed by atoms with Gasteiger partial charge in [-0.1, -0.05) is 0 Å². The first-order chi connectivity index (χ1) is 9.60. The molecule has 108 valence electrons. The van der Waals surface area contributed by atoms with Gasteiger partial charge in [0.25, 0.3) is 0 Å². The lowest BCUT2D eigenvalue weighted by Crippen LogP contribution is -2.29. The minimum absolute atomic E-state index is 0.00348. The summed E-state index contributed by atoms with van der Waals surface area (Å²) >= 11 is 0. The van der Waals surface area contributed by atoms with Crippen LogP contribution in [0.15, 0.2) is 17.9 Å². The number of aromatic amines is 1. The van der Waals surface area contributed by atoms with Crippen molar-refractivity contribution in [3.63, 3.8) is 0 Å². The Morgan fingerprint density at radius 1 is 1.25 bits per heavy atom. The summed E-state index contributed by atoms with van der Waals surface area (Å²) < 4.78 is 16.3. The van der Waals surface area contributed by atoms with Crippen molar-refractivity contribution in [2.45, 2.75) is 19.1 Å². The highest BCUT2D eigenvalue weighted by Gasteiger charge is 2.34. The van der Waals surface area contributed by atoms with Gasteiger partial charge in [0.2, 0.25) is 0 Å². The molecule has 0 aromatic carbocycles. The lowest BCUT2D eigenvalue weighted by Gasteiger charge is -2.29. The van der Waals surface area contributed by atoms with Gasteiger partial charge in [0.15, 0.2) is 5.78 Å². The molecular formula is C15H19NO4. The second-order valence-corrected chi connectivity index (χ2v) is 4.60. The topological polar surface area (TPSA) is 60.6 Å². The summed E-state index contributed by atoms with van der Waals surface area (Å²) in [5.41, 5.74) is 2.74. The maximum absolute atomic E-state index is 11.0. The molecule has 2 atom stereocenters. The second kappa shape index (κ2) is 6.07. The predicted octanol–water partition coefficient (Wildman–Crippen LogP) is 2.32. The van der Waals surface area contributed by atoms with E-state index in [2.05, 4.69) is 4.98 Å². The summed E-state index contributed by atoms with van der Waals surface area (Å²) in [5, 5.41) is 0. The van der Waals surface area contributed by atoms with Gasteiger partial charge in [0.1, 0.15) is 18.0 Å². The Labute approximate surface area is 118 Å². The molecule has 2 rings (SSSR count). The normalized spacial score (nSPS) is 21.7. The highest BCUT2D eigenvalue weighted by Crippen LogP contribution is 2.36. The van der Waals surface area contributed by atoms with Gasteiger partial charge in [0, 0.05) is 25.5 Å². The second-order valence-electron chi connectivity index (χ2n) is 4.60. The molecule has 1 N–H and O–H groups in total. The van der Waals surface area contributed by atoms with Crippen LogP contribution in [-0.2, 0) is 19.0 Å². The Hall–Kier alpha value is -1.85. The third-order valence-electron chi connectivity index (χ3n) is 3.28. The van der Waals surface area contributed by atoms with E-state index in [1.54, 1.807) is 27.4 Å². The van der Waals surface area contributed by atoms with Crippen LogP contribution in [0.2, 0.25) is 0 Å². The van der Waals surface area contributed by atoms with E-state index in [1.807, 2.05) is 12.1 Å². The van der Waals surface area contributed by atoms with E-state index >= 15 is 0 Å². The number of carbonyl (C=O) groups excluding carboxylic acids is 1. The van der Waals surface area contributed by atoms with Crippen LogP contribution in [0.4, 0.5) is 0 Å².